The summed E-state index contributed by atoms with van der Waals surface area (Å²) >= 11 is 0. The quantitative estimate of drug-likeness (QED) is 0.256. The van der Waals surface area contributed by atoms with Gasteiger partial charge in [0.15, 0.2) is 5.96 Å². The lowest BCUT2D eigenvalue weighted by Gasteiger charge is -2.23. The van der Waals surface area contributed by atoms with Crippen molar-refractivity contribution in [3.05, 3.63) is 65.6 Å². The lowest BCUT2D eigenvalue weighted by atomic mass is 9.98. The summed E-state index contributed by atoms with van der Waals surface area (Å²) in [7, 11) is 1.81. The summed E-state index contributed by atoms with van der Waals surface area (Å²) in [6.45, 7) is 3.24. The summed E-state index contributed by atoms with van der Waals surface area (Å²) in [5.74, 6) is 1.27. The van der Waals surface area contributed by atoms with Gasteiger partial charge in [0.25, 0.3) is 0 Å². The molecule has 1 saturated heterocycles. The van der Waals surface area contributed by atoms with Crippen LogP contribution in [0.5, 0.6) is 0 Å². The number of aromatic nitrogens is 1. The Balaban J connectivity index is 0.00000274. The van der Waals surface area contributed by atoms with Crippen LogP contribution >= 0.6 is 24.0 Å². The van der Waals surface area contributed by atoms with Crippen LogP contribution in [0.1, 0.15) is 36.3 Å². The van der Waals surface area contributed by atoms with Crippen molar-refractivity contribution in [2.24, 2.45) is 4.99 Å². The molecule has 1 atom stereocenters. The zero-order valence-corrected chi connectivity index (χ0v) is 21.7. The molecule has 34 heavy (non-hydrogen) atoms. The molecule has 2 N–H and O–H groups in total. The number of hydrogen-bond acceptors (Lipinski definition) is 2. The van der Waals surface area contributed by atoms with E-state index in [1.165, 1.54) is 17.3 Å². The van der Waals surface area contributed by atoms with Crippen LogP contribution in [0.2, 0.25) is 0 Å². The van der Waals surface area contributed by atoms with E-state index in [4.69, 9.17) is 0 Å². The van der Waals surface area contributed by atoms with Gasteiger partial charge in [-0.15, -0.1) is 24.0 Å². The van der Waals surface area contributed by atoms with E-state index in [1.807, 2.05) is 18.1 Å². The first-order valence-corrected chi connectivity index (χ1v) is 11.7. The Kier molecular flexibility index (Phi) is 7.75. The van der Waals surface area contributed by atoms with Crippen molar-refractivity contribution in [1.29, 1.82) is 0 Å². The monoisotopic (exact) mass is 575 g/mol. The molecule has 8 heteroatoms. The standard InChI is InChI=1S/C26H30FN5O.HI/c1-28-26(29-12-10-18-16-30-23-9-8-20(27)15-22(18)23)32-17-19(21-5-2-3-6-24(21)32)11-14-31-13-4-7-25(31)33;/h2-3,5-6,8-9,15-16,19,30H,4,7,10-14,17H2,1H3,(H,28,29);1H. The van der Waals surface area contributed by atoms with Crippen LogP contribution in [0.3, 0.4) is 0 Å². The number of carbonyl (C=O) groups is 1. The third-order valence-electron chi connectivity index (χ3n) is 6.86. The molecule has 1 aromatic heterocycles. The molecule has 1 unspecified atom stereocenters. The second-order valence-corrected chi connectivity index (χ2v) is 8.87. The second-order valence-electron chi connectivity index (χ2n) is 8.87. The molecule has 0 radical (unpaired) electrons. The molecule has 2 aromatic carbocycles. The molecule has 3 heterocycles. The van der Waals surface area contributed by atoms with Crippen molar-refractivity contribution >= 4 is 52.4 Å². The Hall–Kier alpha value is -2.62. The molecule has 0 saturated carbocycles. The summed E-state index contributed by atoms with van der Waals surface area (Å²) in [5.41, 5.74) is 4.53. The minimum Gasteiger partial charge on any atom is -0.361 e. The normalized spacial score (nSPS) is 17.9. The predicted molar refractivity (Wildman–Crippen MR) is 146 cm³/mol. The van der Waals surface area contributed by atoms with Gasteiger partial charge in [-0.1, -0.05) is 18.2 Å². The van der Waals surface area contributed by atoms with Crippen molar-refractivity contribution in [2.45, 2.75) is 31.6 Å². The highest BCUT2D eigenvalue weighted by Gasteiger charge is 2.32. The molecule has 0 spiro atoms. The van der Waals surface area contributed by atoms with Crippen molar-refractivity contribution in [2.75, 3.05) is 38.1 Å². The molecule has 6 nitrogen and oxygen atoms in total. The van der Waals surface area contributed by atoms with Gasteiger partial charge < -0.3 is 20.1 Å². The predicted octanol–water partition coefficient (Wildman–Crippen LogP) is 4.66. The zero-order chi connectivity index (χ0) is 22.8. The number of hydrogen-bond donors (Lipinski definition) is 2. The lowest BCUT2D eigenvalue weighted by Crippen LogP contribution is -2.42. The van der Waals surface area contributed by atoms with Gasteiger partial charge in [-0.3, -0.25) is 9.79 Å². The summed E-state index contributed by atoms with van der Waals surface area (Å²) in [6.07, 6.45) is 5.34. The van der Waals surface area contributed by atoms with Gasteiger partial charge in [-0.05, 0) is 54.7 Å². The minimum atomic E-state index is -0.220. The van der Waals surface area contributed by atoms with E-state index in [0.717, 1.165) is 61.3 Å². The number of nitrogens with one attached hydrogen (secondary N) is 2. The van der Waals surface area contributed by atoms with E-state index in [0.29, 0.717) is 18.9 Å². The van der Waals surface area contributed by atoms with Gasteiger partial charge in [0.05, 0.1) is 0 Å². The third-order valence-corrected chi connectivity index (χ3v) is 6.86. The van der Waals surface area contributed by atoms with Crippen LogP contribution in [-0.2, 0) is 11.2 Å². The molecule has 180 valence electrons. The number of rotatable bonds is 6. The Morgan fingerprint density at radius 2 is 2.12 bits per heavy atom. The molecule has 2 aliphatic heterocycles. The molecule has 0 bridgehead atoms. The number of likely N-dealkylation sites (tertiary alicyclic amines) is 1. The SMILES string of the molecule is CN=C(NCCc1c[nH]c2ccc(F)cc12)N1CC(CCN2CCCC2=O)c2ccccc21.I. The highest BCUT2D eigenvalue weighted by atomic mass is 127. The number of anilines is 1. The van der Waals surface area contributed by atoms with Crippen molar-refractivity contribution in [3.8, 4) is 0 Å². The summed E-state index contributed by atoms with van der Waals surface area (Å²) in [6, 6.07) is 13.3. The van der Waals surface area contributed by atoms with Crippen molar-refractivity contribution < 1.29 is 9.18 Å². The van der Waals surface area contributed by atoms with Crippen molar-refractivity contribution in [1.82, 2.24) is 15.2 Å². The number of H-pyrrole nitrogens is 1. The van der Waals surface area contributed by atoms with Gasteiger partial charge in [0, 0.05) is 68.4 Å². The van der Waals surface area contributed by atoms with Crippen LogP contribution in [-0.4, -0.2) is 55.0 Å². The molecule has 5 rings (SSSR count). The van der Waals surface area contributed by atoms with Gasteiger partial charge in [0.2, 0.25) is 5.91 Å². The number of halogens is 2. The average Bonchev–Trinajstić information content (AvgIpc) is 3.53. The fourth-order valence-corrected chi connectivity index (χ4v) is 5.16. The second kappa shape index (κ2) is 10.8. The van der Waals surface area contributed by atoms with E-state index in [9.17, 15) is 9.18 Å². The van der Waals surface area contributed by atoms with Gasteiger partial charge in [-0.2, -0.15) is 0 Å². The number of fused-ring (bicyclic) bond motifs is 2. The van der Waals surface area contributed by atoms with Gasteiger partial charge in [0.1, 0.15) is 5.82 Å². The maximum Gasteiger partial charge on any atom is 0.222 e. The molecular formula is C26H31FIN5O. The Morgan fingerprint density at radius 1 is 1.26 bits per heavy atom. The first kappa shape index (κ1) is 24.5. The Labute approximate surface area is 216 Å². The van der Waals surface area contributed by atoms with Crippen LogP contribution in [0.15, 0.2) is 53.7 Å². The average molecular weight is 575 g/mol. The van der Waals surface area contributed by atoms with Crippen LogP contribution in [0.25, 0.3) is 10.9 Å². The first-order valence-electron chi connectivity index (χ1n) is 11.7. The Morgan fingerprint density at radius 3 is 2.91 bits per heavy atom. The number of para-hydroxylation sites is 1. The van der Waals surface area contributed by atoms with E-state index >= 15 is 0 Å². The summed E-state index contributed by atoms with van der Waals surface area (Å²) in [4.78, 5) is 24.0. The molecule has 3 aromatic rings. The topological polar surface area (TPSA) is 63.7 Å². The molecule has 0 aliphatic carbocycles. The number of aromatic amines is 1. The van der Waals surface area contributed by atoms with Crippen LogP contribution < -0.4 is 10.2 Å². The first-order chi connectivity index (χ1) is 16.1. The van der Waals surface area contributed by atoms with Crippen LogP contribution in [0.4, 0.5) is 10.1 Å². The number of guanidine groups is 1. The maximum atomic E-state index is 13.7. The smallest absolute Gasteiger partial charge is 0.222 e. The number of aliphatic imine (C=N–C) groups is 1. The number of benzene rings is 2. The van der Waals surface area contributed by atoms with E-state index in [-0.39, 0.29) is 35.7 Å². The van der Waals surface area contributed by atoms with Gasteiger partial charge in [-0.25, -0.2) is 4.39 Å². The summed E-state index contributed by atoms with van der Waals surface area (Å²) < 4.78 is 13.7. The Bertz CT molecular complexity index is 1190. The largest absolute Gasteiger partial charge is 0.361 e. The van der Waals surface area contributed by atoms with Gasteiger partial charge >= 0.3 is 0 Å². The highest BCUT2D eigenvalue weighted by Crippen LogP contribution is 2.38. The fourth-order valence-electron chi connectivity index (χ4n) is 5.16. The fraction of sp³-hybridized carbons (Fsp3) is 0.385. The number of nitrogens with zero attached hydrogens (tertiary/aromatic N) is 3. The molecule has 1 amide bonds. The van der Waals surface area contributed by atoms with E-state index < -0.39 is 0 Å². The maximum absolute atomic E-state index is 13.7. The van der Waals surface area contributed by atoms with E-state index in [2.05, 4.69) is 44.5 Å². The molecule has 1 fully saturated rings. The summed E-state index contributed by atoms with van der Waals surface area (Å²) in [5, 5.41) is 4.42. The third kappa shape index (κ3) is 4.92. The minimum absolute atomic E-state index is 0. The van der Waals surface area contributed by atoms with Crippen LogP contribution in [0, 0.1) is 5.82 Å². The number of amides is 1. The zero-order valence-electron chi connectivity index (χ0n) is 19.4. The highest BCUT2D eigenvalue weighted by molar-refractivity contribution is 14.0. The lowest BCUT2D eigenvalue weighted by molar-refractivity contribution is -0.127. The van der Waals surface area contributed by atoms with Crippen molar-refractivity contribution in [3.63, 3.8) is 0 Å². The molecular weight excluding hydrogens is 544 g/mol. The van der Waals surface area contributed by atoms with E-state index in [1.54, 1.807) is 12.1 Å². The number of carbonyl (C=O) groups excluding carboxylic acids is 1. The molecule has 2 aliphatic rings.